The van der Waals surface area contributed by atoms with E-state index in [9.17, 15) is 0 Å². The first-order chi connectivity index (χ1) is 13.5. The maximum absolute atomic E-state index is 5.50. The fourth-order valence-corrected chi connectivity index (χ4v) is 3.61. The smallest absolute Gasteiger partial charge is 0.229 e. The first-order valence-corrected chi connectivity index (χ1v) is 9.67. The Bertz CT molecular complexity index is 985. The highest BCUT2D eigenvalue weighted by molar-refractivity contribution is 5.86. The molecule has 9 heteroatoms. The van der Waals surface area contributed by atoms with Crippen molar-refractivity contribution in [2.45, 2.75) is 32.7 Å². The first-order valence-electron chi connectivity index (χ1n) is 9.67. The van der Waals surface area contributed by atoms with E-state index >= 15 is 0 Å². The van der Waals surface area contributed by atoms with Gasteiger partial charge in [-0.25, -0.2) is 4.98 Å². The van der Waals surface area contributed by atoms with Gasteiger partial charge in [0.15, 0.2) is 17.0 Å². The third-order valence-electron chi connectivity index (χ3n) is 5.11. The van der Waals surface area contributed by atoms with Gasteiger partial charge < -0.3 is 20.5 Å². The standard InChI is InChI=1S/C19H27N9/c1-13(2)28-12-21-16-17(23-15-9-22-26(3)11-15)24-19(25-18(16)28)27-8-6-14(10-27)5-4-7-20/h4,7,9,11-14H,5-6,8,10,20H2,1-3H3,(H,23,24,25)/t14-/m0/s1. The molecular weight excluding hydrogens is 354 g/mol. The summed E-state index contributed by atoms with van der Waals surface area (Å²) in [5.74, 6) is 2.02. The van der Waals surface area contributed by atoms with E-state index in [1.54, 1.807) is 17.1 Å². The van der Waals surface area contributed by atoms with Crippen LogP contribution < -0.4 is 16.0 Å². The van der Waals surface area contributed by atoms with Crippen LogP contribution in [0.1, 0.15) is 32.7 Å². The summed E-state index contributed by atoms with van der Waals surface area (Å²) in [5.41, 5.74) is 7.98. The van der Waals surface area contributed by atoms with Crippen LogP contribution in [0.4, 0.5) is 17.5 Å². The number of anilines is 3. The number of imidazole rings is 1. The third kappa shape index (κ3) is 3.51. The van der Waals surface area contributed by atoms with Crippen LogP contribution in [0, 0.1) is 5.92 Å². The molecule has 0 saturated carbocycles. The van der Waals surface area contributed by atoms with Crippen LogP contribution in [0.15, 0.2) is 31.0 Å². The van der Waals surface area contributed by atoms with Gasteiger partial charge in [-0.3, -0.25) is 4.68 Å². The molecule has 0 aliphatic carbocycles. The fraction of sp³-hybridized carbons (Fsp3) is 0.474. The van der Waals surface area contributed by atoms with Gasteiger partial charge in [-0.1, -0.05) is 6.08 Å². The van der Waals surface area contributed by atoms with Crippen LogP contribution in [0.3, 0.4) is 0 Å². The van der Waals surface area contributed by atoms with Crippen molar-refractivity contribution in [3.05, 3.63) is 31.0 Å². The molecule has 4 rings (SSSR count). The van der Waals surface area contributed by atoms with E-state index < -0.39 is 0 Å². The summed E-state index contributed by atoms with van der Waals surface area (Å²) in [5, 5.41) is 7.59. The van der Waals surface area contributed by atoms with Crippen LogP contribution in [0.5, 0.6) is 0 Å². The molecule has 4 heterocycles. The number of nitrogens with one attached hydrogen (secondary N) is 1. The summed E-state index contributed by atoms with van der Waals surface area (Å²) >= 11 is 0. The highest BCUT2D eigenvalue weighted by Crippen LogP contribution is 2.30. The number of rotatable bonds is 6. The molecule has 3 aromatic rings. The predicted octanol–water partition coefficient (Wildman–Crippen LogP) is 2.57. The molecule has 0 aromatic carbocycles. The maximum Gasteiger partial charge on any atom is 0.229 e. The fourth-order valence-electron chi connectivity index (χ4n) is 3.61. The minimum Gasteiger partial charge on any atom is -0.405 e. The SMILES string of the molecule is CC(C)n1cnc2c(Nc3cnn(C)c3)nc(N3CC[C@H](CC=CN)C3)nc21. The second-order valence-corrected chi connectivity index (χ2v) is 7.58. The molecule has 0 radical (unpaired) electrons. The molecule has 0 amide bonds. The zero-order chi connectivity index (χ0) is 19.7. The summed E-state index contributed by atoms with van der Waals surface area (Å²) in [7, 11) is 1.89. The third-order valence-corrected chi connectivity index (χ3v) is 5.11. The van der Waals surface area contributed by atoms with Gasteiger partial charge in [0.25, 0.3) is 0 Å². The van der Waals surface area contributed by atoms with Crippen molar-refractivity contribution in [1.82, 2.24) is 29.3 Å². The molecule has 3 aromatic heterocycles. The molecule has 1 fully saturated rings. The lowest BCUT2D eigenvalue weighted by atomic mass is 10.1. The largest absolute Gasteiger partial charge is 0.405 e. The second-order valence-electron chi connectivity index (χ2n) is 7.58. The van der Waals surface area contributed by atoms with Crippen LogP contribution in [-0.2, 0) is 7.05 Å². The number of nitrogens with zero attached hydrogens (tertiary/aromatic N) is 7. The van der Waals surface area contributed by atoms with Gasteiger partial charge in [0.1, 0.15) is 0 Å². The molecule has 1 aliphatic heterocycles. The van der Waals surface area contributed by atoms with E-state index in [4.69, 9.17) is 15.7 Å². The molecule has 28 heavy (non-hydrogen) atoms. The van der Waals surface area contributed by atoms with Crippen molar-refractivity contribution >= 4 is 28.6 Å². The molecule has 148 valence electrons. The van der Waals surface area contributed by atoms with Gasteiger partial charge in [0, 0.05) is 32.4 Å². The molecule has 0 spiro atoms. The highest BCUT2D eigenvalue weighted by atomic mass is 15.3. The Morgan fingerprint density at radius 2 is 2.21 bits per heavy atom. The average Bonchev–Trinajstić information content (AvgIpc) is 3.39. The van der Waals surface area contributed by atoms with Crippen LogP contribution >= 0.6 is 0 Å². The summed E-state index contributed by atoms with van der Waals surface area (Å²) in [4.78, 5) is 16.5. The van der Waals surface area contributed by atoms with Crippen molar-refractivity contribution in [2.75, 3.05) is 23.3 Å². The lowest BCUT2D eigenvalue weighted by Crippen LogP contribution is -2.22. The molecule has 1 saturated heterocycles. The Morgan fingerprint density at radius 1 is 1.36 bits per heavy atom. The van der Waals surface area contributed by atoms with Crippen molar-refractivity contribution < 1.29 is 0 Å². The minimum atomic E-state index is 0.264. The lowest BCUT2D eigenvalue weighted by molar-refractivity contribution is 0.598. The van der Waals surface area contributed by atoms with Gasteiger partial charge >= 0.3 is 0 Å². The van der Waals surface area contributed by atoms with Crippen LogP contribution in [0.2, 0.25) is 0 Å². The Morgan fingerprint density at radius 3 is 2.93 bits per heavy atom. The summed E-state index contributed by atoms with van der Waals surface area (Å²) in [6.45, 7) is 6.12. The zero-order valence-electron chi connectivity index (χ0n) is 16.6. The lowest BCUT2D eigenvalue weighted by Gasteiger charge is -2.18. The average molecular weight is 381 g/mol. The number of aromatic nitrogens is 6. The number of nitrogens with two attached hydrogens (primary N) is 1. The van der Waals surface area contributed by atoms with Crippen LogP contribution in [0.25, 0.3) is 11.2 Å². The van der Waals surface area contributed by atoms with E-state index in [1.807, 2.05) is 25.6 Å². The maximum atomic E-state index is 5.50. The zero-order valence-corrected chi connectivity index (χ0v) is 16.6. The Balaban J connectivity index is 1.71. The van der Waals surface area contributed by atoms with Crippen LogP contribution in [-0.4, -0.2) is 42.4 Å². The molecule has 3 N–H and O–H groups in total. The number of allylic oxidation sites excluding steroid dienone is 1. The molecule has 0 unspecified atom stereocenters. The van der Waals surface area contributed by atoms with E-state index in [-0.39, 0.29) is 6.04 Å². The molecule has 1 atom stereocenters. The van der Waals surface area contributed by atoms with E-state index in [2.05, 4.69) is 38.7 Å². The predicted molar refractivity (Wildman–Crippen MR) is 110 cm³/mol. The van der Waals surface area contributed by atoms with Gasteiger partial charge in [-0.05, 0) is 38.8 Å². The normalized spacial score (nSPS) is 17.4. The first kappa shape index (κ1) is 18.3. The molecular formula is C19H27N9. The van der Waals surface area contributed by atoms with Gasteiger partial charge in [0.05, 0.1) is 18.2 Å². The molecule has 0 bridgehead atoms. The number of hydrogen-bond donors (Lipinski definition) is 2. The van der Waals surface area contributed by atoms with Crippen molar-refractivity contribution in [2.24, 2.45) is 18.7 Å². The van der Waals surface area contributed by atoms with Crippen molar-refractivity contribution in [1.29, 1.82) is 0 Å². The number of aryl methyl sites for hydroxylation is 1. The Labute approximate surface area is 164 Å². The van der Waals surface area contributed by atoms with E-state index in [0.29, 0.717) is 11.7 Å². The summed E-state index contributed by atoms with van der Waals surface area (Å²) < 4.78 is 3.84. The van der Waals surface area contributed by atoms with Gasteiger partial charge in [-0.2, -0.15) is 15.1 Å². The van der Waals surface area contributed by atoms with Crippen molar-refractivity contribution in [3.63, 3.8) is 0 Å². The van der Waals surface area contributed by atoms with Gasteiger partial charge in [0.2, 0.25) is 5.95 Å². The minimum absolute atomic E-state index is 0.264. The van der Waals surface area contributed by atoms with E-state index in [1.165, 1.54) is 0 Å². The van der Waals surface area contributed by atoms with E-state index in [0.717, 1.165) is 48.7 Å². The second kappa shape index (κ2) is 7.49. The summed E-state index contributed by atoms with van der Waals surface area (Å²) in [6, 6.07) is 0.264. The number of fused-ring (bicyclic) bond motifs is 1. The van der Waals surface area contributed by atoms with Crippen molar-refractivity contribution in [3.8, 4) is 0 Å². The topological polar surface area (TPSA) is 103 Å². The monoisotopic (exact) mass is 381 g/mol. The molecule has 9 nitrogen and oxygen atoms in total. The molecule has 1 aliphatic rings. The van der Waals surface area contributed by atoms with Gasteiger partial charge in [-0.15, -0.1) is 0 Å². The Hall–Kier alpha value is -3.10. The Kier molecular flexibility index (Phi) is 4.89. The number of hydrogen-bond acceptors (Lipinski definition) is 7. The quantitative estimate of drug-likeness (QED) is 0.676. The summed E-state index contributed by atoms with van der Waals surface area (Å²) in [6.07, 6.45) is 11.3. The highest BCUT2D eigenvalue weighted by Gasteiger charge is 2.25.